The van der Waals surface area contributed by atoms with Gasteiger partial charge < -0.3 is 5.73 Å². The van der Waals surface area contributed by atoms with Crippen molar-refractivity contribution in [3.63, 3.8) is 0 Å². The van der Waals surface area contributed by atoms with Gasteiger partial charge in [0.05, 0.1) is 10.6 Å². The molecule has 0 saturated heterocycles. The van der Waals surface area contributed by atoms with E-state index >= 15 is 0 Å². The number of hydrogen-bond donors (Lipinski definition) is 1. The van der Waals surface area contributed by atoms with Crippen LogP contribution in [0.3, 0.4) is 0 Å². The van der Waals surface area contributed by atoms with Crippen molar-refractivity contribution in [2.45, 2.75) is 25.3 Å². The summed E-state index contributed by atoms with van der Waals surface area (Å²) < 4.78 is 0. The first-order valence-corrected chi connectivity index (χ1v) is 6.34. The van der Waals surface area contributed by atoms with E-state index < -0.39 is 0 Å². The fourth-order valence-corrected chi connectivity index (χ4v) is 2.78. The number of thiophene rings is 1. The molecule has 2 heterocycles. The Morgan fingerprint density at radius 3 is 2.62 bits per heavy atom. The Bertz CT molecular complexity index is 501. The van der Waals surface area contributed by atoms with Crippen LogP contribution in [0, 0.1) is 6.92 Å². The second-order valence-electron chi connectivity index (χ2n) is 4.39. The second kappa shape index (κ2) is 3.68. The van der Waals surface area contributed by atoms with Gasteiger partial charge >= 0.3 is 0 Å². The van der Waals surface area contributed by atoms with Gasteiger partial charge in [-0.25, -0.2) is 0 Å². The van der Waals surface area contributed by atoms with Crippen molar-refractivity contribution in [2.75, 3.05) is 0 Å². The normalized spacial score (nSPS) is 23.4. The van der Waals surface area contributed by atoms with Crippen LogP contribution in [0.1, 0.15) is 22.8 Å². The topological polar surface area (TPSA) is 38.9 Å². The molecule has 0 radical (unpaired) electrons. The molecule has 2 N–H and O–H groups in total. The maximum absolute atomic E-state index is 5.83. The van der Waals surface area contributed by atoms with Crippen LogP contribution in [0.2, 0.25) is 0 Å². The summed E-state index contributed by atoms with van der Waals surface area (Å²) in [6.45, 7) is 2.12. The quantitative estimate of drug-likeness (QED) is 0.861. The van der Waals surface area contributed by atoms with Crippen LogP contribution >= 0.6 is 11.3 Å². The molecule has 0 aliphatic heterocycles. The lowest BCUT2D eigenvalue weighted by molar-refractivity contribution is 0.981. The van der Waals surface area contributed by atoms with Gasteiger partial charge in [-0.15, -0.1) is 11.3 Å². The highest BCUT2D eigenvalue weighted by Crippen LogP contribution is 2.39. The third kappa shape index (κ3) is 1.77. The number of nitrogens with zero attached hydrogens (tertiary/aromatic N) is 1. The largest absolute Gasteiger partial charge is 0.327 e. The Balaban J connectivity index is 1.87. The number of hydrogen-bond acceptors (Lipinski definition) is 3. The van der Waals surface area contributed by atoms with Crippen molar-refractivity contribution < 1.29 is 0 Å². The predicted molar refractivity (Wildman–Crippen MR) is 67.6 cm³/mol. The van der Waals surface area contributed by atoms with Gasteiger partial charge in [0.15, 0.2) is 0 Å². The monoisotopic (exact) mass is 230 g/mol. The second-order valence-corrected chi connectivity index (χ2v) is 5.68. The zero-order valence-corrected chi connectivity index (χ0v) is 10.00. The molecule has 3 heteroatoms. The standard InChI is InChI=1S/C13H14N2S/c1-8-2-5-13(16-8)12-4-3-9(7-15-12)10-6-11(10)14/h2-5,7,10-11H,6,14H2,1H3. The molecule has 2 aromatic heterocycles. The van der Waals surface area contributed by atoms with E-state index in [0.717, 1.165) is 12.1 Å². The predicted octanol–water partition coefficient (Wildman–Crippen LogP) is 2.93. The molecule has 16 heavy (non-hydrogen) atoms. The third-order valence-corrected chi connectivity index (χ3v) is 4.07. The maximum atomic E-state index is 5.83. The minimum Gasteiger partial charge on any atom is -0.327 e. The molecule has 82 valence electrons. The first-order valence-electron chi connectivity index (χ1n) is 5.52. The van der Waals surface area contributed by atoms with Gasteiger partial charge in [-0.05, 0) is 37.1 Å². The minimum atomic E-state index is 0.358. The molecule has 2 atom stereocenters. The number of pyridine rings is 1. The Morgan fingerprint density at radius 2 is 2.12 bits per heavy atom. The summed E-state index contributed by atoms with van der Waals surface area (Å²) in [6, 6.07) is 8.88. The van der Waals surface area contributed by atoms with Crippen LogP contribution < -0.4 is 5.73 Å². The average molecular weight is 230 g/mol. The van der Waals surface area contributed by atoms with Crippen LogP contribution in [-0.4, -0.2) is 11.0 Å². The average Bonchev–Trinajstić information content (AvgIpc) is 2.86. The van der Waals surface area contributed by atoms with Gasteiger partial charge in [0.25, 0.3) is 0 Å². The van der Waals surface area contributed by atoms with E-state index in [0.29, 0.717) is 12.0 Å². The third-order valence-electron chi connectivity index (χ3n) is 3.05. The molecule has 2 unspecified atom stereocenters. The smallest absolute Gasteiger partial charge is 0.0801 e. The van der Waals surface area contributed by atoms with Crippen LogP contribution in [0.15, 0.2) is 30.5 Å². The summed E-state index contributed by atoms with van der Waals surface area (Å²) in [4.78, 5) is 7.08. The molecule has 0 bridgehead atoms. The molecule has 1 fully saturated rings. The highest BCUT2D eigenvalue weighted by molar-refractivity contribution is 7.15. The zero-order valence-electron chi connectivity index (χ0n) is 9.18. The van der Waals surface area contributed by atoms with Gasteiger partial charge in [-0.3, -0.25) is 4.98 Å². The number of nitrogens with two attached hydrogens (primary N) is 1. The van der Waals surface area contributed by atoms with Crippen molar-refractivity contribution in [1.82, 2.24) is 4.98 Å². The molecule has 0 spiro atoms. The van der Waals surface area contributed by atoms with Gasteiger partial charge in [-0.2, -0.15) is 0 Å². The highest BCUT2D eigenvalue weighted by Gasteiger charge is 2.34. The molecular weight excluding hydrogens is 216 g/mol. The molecule has 1 aliphatic rings. The summed E-state index contributed by atoms with van der Waals surface area (Å²) in [5.74, 6) is 0.548. The molecule has 1 aliphatic carbocycles. The SMILES string of the molecule is Cc1ccc(-c2ccc(C3CC3N)cn2)s1. The summed E-state index contributed by atoms with van der Waals surface area (Å²) >= 11 is 1.78. The van der Waals surface area contributed by atoms with Crippen molar-refractivity contribution in [3.8, 4) is 10.6 Å². The Kier molecular flexibility index (Phi) is 2.30. The lowest BCUT2D eigenvalue weighted by atomic mass is 10.1. The van der Waals surface area contributed by atoms with Crippen molar-refractivity contribution in [3.05, 3.63) is 40.9 Å². The van der Waals surface area contributed by atoms with E-state index in [4.69, 9.17) is 5.73 Å². The number of aromatic nitrogens is 1. The Morgan fingerprint density at radius 1 is 1.31 bits per heavy atom. The number of rotatable bonds is 2. The van der Waals surface area contributed by atoms with E-state index in [1.807, 2.05) is 6.20 Å². The fourth-order valence-electron chi connectivity index (χ4n) is 1.94. The minimum absolute atomic E-state index is 0.358. The lowest BCUT2D eigenvalue weighted by Gasteiger charge is -2.00. The van der Waals surface area contributed by atoms with Gasteiger partial charge in [0.2, 0.25) is 0 Å². The Labute approximate surface area is 99.1 Å². The van der Waals surface area contributed by atoms with Crippen molar-refractivity contribution in [1.29, 1.82) is 0 Å². The van der Waals surface area contributed by atoms with Crippen LogP contribution in [-0.2, 0) is 0 Å². The first kappa shape index (κ1) is 10.00. The molecule has 1 saturated carbocycles. The van der Waals surface area contributed by atoms with E-state index in [-0.39, 0.29) is 0 Å². The van der Waals surface area contributed by atoms with Crippen LogP contribution in [0.25, 0.3) is 10.6 Å². The van der Waals surface area contributed by atoms with Crippen molar-refractivity contribution in [2.24, 2.45) is 5.73 Å². The summed E-state index contributed by atoms with van der Waals surface area (Å²) in [5, 5.41) is 0. The van der Waals surface area contributed by atoms with E-state index in [9.17, 15) is 0 Å². The van der Waals surface area contributed by atoms with Gasteiger partial charge in [-0.1, -0.05) is 6.07 Å². The van der Waals surface area contributed by atoms with Crippen LogP contribution in [0.4, 0.5) is 0 Å². The van der Waals surface area contributed by atoms with Crippen LogP contribution in [0.5, 0.6) is 0 Å². The zero-order chi connectivity index (χ0) is 11.1. The number of aryl methyl sites for hydroxylation is 1. The molecule has 2 aromatic rings. The molecular formula is C13H14N2S. The highest BCUT2D eigenvalue weighted by atomic mass is 32.1. The maximum Gasteiger partial charge on any atom is 0.0801 e. The van der Waals surface area contributed by atoms with Crippen molar-refractivity contribution >= 4 is 11.3 Å². The first-order chi connectivity index (χ1) is 7.74. The van der Waals surface area contributed by atoms with E-state index in [1.165, 1.54) is 15.3 Å². The molecule has 3 rings (SSSR count). The molecule has 0 amide bonds. The van der Waals surface area contributed by atoms with Gasteiger partial charge in [0.1, 0.15) is 0 Å². The fraction of sp³-hybridized carbons (Fsp3) is 0.308. The van der Waals surface area contributed by atoms with Gasteiger partial charge in [0, 0.05) is 23.0 Å². The molecule has 0 aromatic carbocycles. The summed E-state index contributed by atoms with van der Waals surface area (Å²) in [7, 11) is 0. The lowest BCUT2D eigenvalue weighted by Crippen LogP contribution is -2.01. The summed E-state index contributed by atoms with van der Waals surface area (Å²) in [6.07, 6.45) is 3.08. The Hall–Kier alpha value is -1.19. The summed E-state index contributed by atoms with van der Waals surface area (Å²) in [5.41, 5.74) is 8.17. The van der Waals surface area contributed by atoms with E-state index in [1.54, 1.807) is 11.3 Å². The van der Waals surface area contributed by atoms with E-state index in [2.05, 4.69) is 36.2 Å². The molecule has 2 nitrogen and oxygen atoms in total.